The van der Waals surface area contributed by atoms with E-state index in [4.69, 9.17) is 0 Å². The number of nitrogens with one attached hydrogen (secondary N) is 2. The Balaban J connectivity index is 2.05. The van der Waals surface area contributed by atoms with Crippen molar-refractivity contribution in [1.29, 1.82) is 0 Å². The molecule has 0 fully saturated rings. The van der Waals surface area contributed by atoms with Crippen LogP contribution in [0.15, 0.2) is 36.6 Å². The first-order valence-electron chi connectivity index (χ1n) is 3.49. The van der Waals surface area contributed by atoms with E-state index in [0.717, 1.165) is 0 Å². The highest BCUT2D eigenvalue weighted by molar-refractivity contribution is 5.23. The molecule has 2 heteroatoms. The van der Waals surface area contributed by atoms with E-state index in [1.807, 2.05) is 6.20 Å². The fourth-order valence-electron chi connectivity index (χ4n) is 1.26. The largest absolute Gasteiger partial charge is 0.328 e. The second kappa shape index (κ2) is 2.31. The normalized spacial score (nSPS) is 29.8. The first-order chi connectivity index (χ1) is 4.97. The smallest absolute Gasteiger partial charge is 0.0555 e. The predicted molar refractivity (Wildman–Crippen MR) is 41.0 cm³/mol. The Hall–Kier alpha value is -1.02. The molecule has 0 spiro atoms. The van der Waals surface area contributed by atoms with Crippen molar-refractivity contribution in [3.63, 3.8) is 0 Å². The quantitative estimate of drug-likeness (QED) is 0.552. The van der Waals surface area contributed by atoms with Crippen molar-refractivity contribution in [2.75, 3.05) is 0 Å². The van der Waals surface area contributed by atoms with Crippen LogP contribution < -0.4 is 10.9 Å². The van der Waals surface area contributed by atoms with Crippen LogP contribution in [0.2, 0.25) is 0 Å². The molecule has 0 aromatic rings. The number of hydrogen-bond donors (Lipinski definition) is 2. The van der Waals surface area contributed by atoms with Gasteiger partial charge in [-0.1, -0.05) is 24.3 Å². The summed E-state index contributed by atoms with van der Waals surface area (Å²) in [5.41, 5.74) is 6.09. The molecule has 1 heterocycles. The van der Waals surface area contributed by atoms with Crippen LogP contribution in [-0.4, -0.2) is 6.04 Å². The van der Waals surface area contributed by atoms with Crippen LogP contribution in [0.3, 0.4) is 0 Å². The molecule has 52 valence electrons. The molecule has 0 amide bonds. The monoisotopic (exact) mass is 134 g/mol. The summed E-state index contributed by atoms with van der Waals surface area (Å²) in [4.78, 5) is 0. The van der Waals surface area contributed by atoms with E-state index in [-0.39, 0.29) is 0 Å². The number of rotatable bonds is 1. The minimum absolute atomic E-state index is 0.440. The maximum atomic E-state index is 3.13. The van der Waals surface area contributed by atoms with E-state index >= 15 is 0 Å². The van der Waals surface area contributed by atoms with Crippen molar-refractivity contribution in [3.05, 3.63) is 36.6 Å². The van der Waals surface area contributed by atoms with Gasteiger partial charge in [0, 0.05) is 12.1 Å². The third kappa shape index (κ3) is 0.866. The van der Waals surface area contributed by atoms with Crippen LogP contribution in [0.5, 0.6) is 0 Å². The van der Waals surface area contributed by atoms with E-state index in [0.29, 0.717) is 12.0 Å². The van der Waals surface area contributed by atoms with E-state index in [9.17, 15) is 0 Å². The highest BCUT2D eigenvalue weighted by Crippen LogP contribution is 2.15. The maximum absolute atomic E-state index is 3.13. The summed E-state index contributed by atoms with van der Waals surface area (Å²) in [7, 11) is 0. The highest BCUT2D eigenvalue weighted by atomic mass is 15.4. The molecule has 0 aromatic carbocycles. The Morgan fingerprint density at radius 2 is 1.80 bits per heavy atom. The van der Waals surface area contributed by atoms with Gasteiger partial charge in [-0.15, -0.1) is 0 Å². The van der Waals surface area contributed by atoms with E-state index < -0.39 is 0 Å². The first kappa shape index (κ1) is 5.74. The van der Waals surface area contributed by atoms with Crippen LogP contribution in [-0.2, 0) is 0 Å². The van der Waals surface area contributed by atoms with Gasteiger partial charge in [-0.05, 0) is 6.08 Å². The molecular formula is C8H10N2. The average Bonchev–Trinajstić information content (AvgIpc) is 2.59. The van der Waals surface area contributed by atoms with Crippen molar-refractivity contribution in [2.45, 2.75) is 6.04 Å². The molecule has 1 unspecified atom stereocenters. The molecule has 2 rings (SSSR count). The van der Waals surface area contributed by atoms with E-state index in [1.165, 1.54) is 0 Å². The van der Waals surface area contributed by atoms with Crippen molar-refractivity contribution in [3.8, 4) is 0 Å². The van der Waals surface area contributed by atoms with Gasteiger partial charge >= 0.3 is 0 Å². The summed E-state index contributed by atoms with van der Waals surface area (Å²) in [6.07, 6.45) is 12.6. The minimum Gasteiger partial charge on any atom is -0.328 e. The Labute approximate surface area is 60.3 Å². The number of allylic oxidation sites excluding steroid dienone is 2. The van der Waals surface area contributed by atoms with Gasteiger partial charge < -0.3 is 5.43 Å². The Bertz CT molecular complexity index is 191. The SMILES string of the molecule is C1=CC(C2C=CNN2)C=C1. The van der Waals surface area contributed by atoms with Gasteiger partial charge in [0.1, 0.15) is 0 Å². The number of hydrogen-bond acceptors (Lipinski definition) is 2. The van der Waals surface area contributed by atoms with Gasteiger partial charge in [0.25, 0.3) is 0 Å². The second-order valence-electron chi connectivity index (χ2n) is 2.52. The standard InChI is InChI=1S/C8H10N2/c1-2-4-7(3-1)8-5-6-9-10-8/h1-10H. The van der Waals surface area contributed by atoms with Gasteiger partial charge in [-0.3, -0.25) is 0 Å². The zero-order valence-electron chi connectivity index (χ0n) is 5.62. The molecule has 10 heavy (non-hydrogen) atoms. The summed E-state index contributed by atoms with van der Waals surface area (Å²) in [6.45, 7) is 0. The minimum atomic E-state index is 0.440. The van der Waals surface area contributed by atoms with Crippen LogP contribution >= 0.6 is 0 Å². The lowest BCUT2D eigenvalue weighted by atomic mass is 10.0. The summed E-state index contributed by atoms with van der Waals surface area (Å²) in [5, 5.41) is 0. The summed E-state index contributed by atoms with van der Waals surface area (Å²) < 4.78 is 0. The first-order valence-corrected chi connectivity index (χ1v) is 3.49. The Kier molecular flexibility index (Phi) is 1.32. The maximum Gasteiger partial charge on any atom is 0.0555 e. The topological polar surface area (TPSA) is 24.1 Å². The molecule has 0 saturated carbocycles. The van der Waals surface area contributed by atoms with Gasteiger partial charge in [0.15, 0.2) is 0 Å². The number of hydrazine groups is 1. The van der Waals surface area contributed by atoms with Gasteiger partial charge in [0.05, 0.1) is 6.04 Å². The molecule has 0 saturated heterocycles. The van der Waals surface area contributed by atoms with Crippen molar-refractivity contribution in [1.82, 2.24) is 10.9 Å². The lowest BCUT2D eigenvalue weighted by Gasteiger charge is -2.12. The molecule has 2 nitrogen and oxygen atoms in total. The van der Waals surface area contributed by atoms with Crippen molar-refractivity contribution < 1.29 is 0 Å². The van der Waals surface area contributed by atoms with Crippen molar-refractivity contribution in [2.24, 2.45) is 5.92 Å². The fourth-order valence-corrected chi connectivity index (χ4v) is 1.26. The van der Waals surface area contributed by atoms with Crippen molar-refractivity contribution >= 4 is 0 Å². The lowest BCUT2D eigenvalue weighted by Crippen LogP contribution is -2.34. The second-order valence-corrected chi connectivity index (χ2v) is 2.52. The van der Waals surface area contributed by atoms with Crippen LogP contribution in [0.4, 0.5) is 0 Å². The van der Waals surface area contributed by atoms with Crippen LogP contribution in [0.1, 0.15) is 0 Å². The summed E-state index contributed by atoms with van der Waals surface area (Å²) in [5.74, 6) is 0.534. The molecule has 0 aromatic heterocycles. The van der Waals surface area contributed by atoms with Crippen LogP contribution in [0, 0.1) is 5.92 Å². The molecule has 2 N–H and O–H groups in total. The third-order valence-electron chi connectivity index (χ3n) is 1.83. The zero-order chi connectivity index (χ0) is 6.81. The summed E-state index contributed by atoms with van der Waals surface area (Å²) >= 11 is 0. The van der Waals surface area contributed by atoms with Gasteiger partial charge in [-0.25, -0.2) is 5.43 Å². The van der Waals surface area contributed by atoms with Gasteiger partial charge in [-0.2, -0.15) is 0 Å². The van der Waals surface area contributed by atoms with E-state index in [2.05, 4.69) is 41.2 Å². The molecule has 1 aliphatic heterocycles. The average molecular weight is 134 g/mol. The zero-order valence-corrected chi connectivity index (χ0v) is 5.62. The lowest BCUT2D eigenvalue weighted by molar-refractivity contribution is 0.531. The molecule has 0 bridgehead atoms. The molecule has 2 aliphatic rings. The predicted octanol–water partition coefficient (Wildman–Crippen LogP) is 0.719. The highest BCUT2D eigenvalue weighted by Gasteiger charge is 2.16. The third-order valence-corrected chi connectivity index (χ3v) is 1.83. The molecule has 1 aliphatic carbocycles. The Morgan fingerprint density at radius 3 is 2.40 bits per heavy atom. The Morgan fingerprint density at radius 1 is 1.00 bits per heavy atom. The molecular weight excluding hydrogens is 124 g/mol. The molecule has 1 atom stereocenters. The summed E-state index contributed by atoms with van der Waals surface area (Å²) in [6, 6.07) is 0.440. The molecule has 0 radical (unpaired) electrons. The van der Waals surface area contributed by atoms with Crippen LogP contribution in [0.25, 0.3) is 0 Å². The fraction of sp³-hybridized carbons (Fsp3) is 0.250. The van der Waals surface area contributed by atoms with Gasteiger partial charge in [0.2, 0.25) is 0 Å². The van der Waals surface area contributed by atoms with E-state index in [1.54, 1.807) is 0 Å².